The number of piperidine rings is 1. The summed E-state index contributed by atoms with van der Waals surface area (Å²) in [4.78, 5) is 19.9. The number of amides is 1. The molecule has 1 aliphatic rings. The fourth-order valence-corrected chi connectivity index (χ4v) is 3.97. The van der Waals surface area contributed by atoms with Crippen LogP contribution in [0.15, 0.2) is 53.1 Å². The van der Waals surface area contributed by atoms with Crippen molar-refractivity contribution in [2.75, 3.05) is 6.54 Å². The van der Waals surface area contributed by atoms with Crippen molar-refractivity contribution in [2.45, 2.75) is 45.6 Å². The van der Waals surface area contributed by atoms with E-state index in [1.165, 1.54) is 6.42 Å². The first kappa shape index (κ1) is 18.4. The number of hydrogen-bond acceptors (Lipinski definition) is 4. The van der Waals surface area contributed by atoms with Crippen LogP contribution in [-0.4, -0.2) is 33.5 Å². The van der Waals surface area contributed by atoms with Gasteiger partial charge in [0.05, 0.1) is 11.1 Å². The second kappa shape index (κ2) is 7.97. The smallest absolute Gasteiger partial charge is 0.259 e. The Labute approximate surface area is 165 Å². The van der Waals surface area contributed by atoms with Crippen molar-refractivity contribution in [3.8, 4) is 22.8 Å². The van der Waals surface area contributed by atoms with Crippen molar-refractivity contribution in [1.29, 1.82) is 0 Å². The average Bonchev–Trinajstić information content (AvgIpc) is 3.23. The van der Waals surface area contributed by atoms with Gasteiger partial charge in [-0.2, -0.15) is 4.98 Å². The quantitative estimate of drug-likeness (QED) is 0.635. The van der Waals surface area contributed by atoms with Crippen LogP contribution in [0.4, 0.5) is 0 Å². The molecule has 0 bridgehead atoms. The fraction of sp³-hybridized carbons (Fsp3) is 0.348. The summed E-state index contributed by atoms with van der Waals surface area (Å²) in [7, 11) is 0. The molecule has 28 heavy (non-hydrogen) atoms. The molecule has 2 heterocycles. The Morgan fingerprint density at radius 2 is 1.86 bits per heavy atom. The van der Waals surface area contributed by atoms with Crippen molar-refractivity contribution >= 4 is 5.91 Å². The van der Waals surface area contributed by atoms with Gasteiger partial charge in [0.2, 0.25) is 5.82 Å². The summed E-state index contributed by atoms with van der Waals surface area (Å²) in [5.74, 6) is 0.977. The van der Waals surface area contributed by atoms with Gasteiger partial charge in [-0.15, -0.1) is 0 Å². The molecular weight excluding hydrogens is 350 g/mol. The maximum Gasteiger partial charge on any atom is 0.259 e. The van der Waals surface area contributed by atoms with Crippen LogP contribution in [-0.2, 0) is 0 Å². The van der Waals surface area contributed by atoms with Gasteiger partial charge in [-0.1, -0.05) is 48.5 Å². The number of nitrogens with zero attached hydrogens (tertiary/aromatic N) is 3. The van der Waals surface area contributed by atoms with E-state index in [-0.39, 0.29) is 5.91 Å². The monoisotopic (exact) mass is 375 g/mol. The minimum Gasteiger partial charge on any atom is -0.336 e. The topological polar surface area (TPSA) is 59.2 Å². The Bertz CT molecular complexity index is 979. The van der Waals surface area contributed by atoms with Crippen molar-refractivity contribution in [3.05, 3.63) is 59.7 Å². The van der Waals surface area contributed by atoms with Crippen molar-refractivity contribution in [1.82, 2.24) is 15.0 Å². The fourth-order valence-electron chi connectivity index (χ4n) is 3.97. The molecule has 1 aliphatic heterocycles. The summed E-state index contributed by atoms with van der Waals surface area (Å²) in [6.45, 7) is 4.97. The summed E-state index contributed by atoms with van der Waals surface area (Å²) < 4.78 is 5.56. The minimum atomic E-state index is 0.0535. The standard InChI is InChI=1S/C23H25N3O2/c1-3-17-11-8-9-15-26(17)23(27)20-14-7-6-13-19(20)22-24-21(25-28-22)18-12-5-4-10-16(18)2/h4-7,10,12-14,17H,3,8-9,11,15H2,1-2H3. The molecule has 5 nitrogen and oxygen atoms in total. The predicted octanol–water partition coefficient (Wildman–Crippen LogP) is 5.12. The molecule has 0 aliphatic carbocycles. The van der Waals surface area contributed by atoms with Crippen LogP contribution in [0.25, 0.3) is 22.8 Å². The van der Waals surface area contributed by atoms with E-state index in [0.717, 1.165) is 36.9 Å². The number of aromatic nitrogens is 2. The number of likely N-dealkylation sites (tertiary alicyclic amines) is 1. The van der Waals surface area contributed by atoms with Crippen LogP contribution >= 0.6 is 0 Å². The van der Waals surface area contributed by atoms with E-state index in [0.29, 0.717) is 28.9 Å². The Morgan fingerprint density at radius 3 is 2.64 bits per heavy atom. The molecule has 0 spiro atoms. The number of rotatable bonds is 4. The molecule has 4 rings (SSSR count). The average molecular weight is 375 g/mol. The van der Waals surface area contributed by atoms with Gasteiger partial charge in [0.15, 0.2) is 0 Å². The van der Waals surface area contributed by atoms with Gasteiger partial charge in [0.1, 0.15) is 0 Å². The van der Waals surface area contributed by atoms with E-state index >= 15 is 0 Å². The first-order valence-electron chi connectivity index (χ1n) is 9.99. The summed E-state index contributed by atoms with van der Waals surface area (Å²) >= 11 is 0. The molecule has 1 fully saturated rings. The lowest BCUT2D eigenvalue weighted by atomic mass is 9.97. The van der Waals surface area contributed by atoms with Crippen LogP contribution in [0, 0.1) is 6.92 Å². The third-order valence-corrected chi connectivity index (χ3v) is 5.56. The molecule has 0 radical (unpaired) electrons. The minimum absolute atomic E-state index is 0.0535. The number of benzene rings is 2. The highest BCUT2D eigenvalue weighted by molar-refractivity contribution is 6.00. The van der Waals surface area contributed by atoms with Crippen LogP contribution in [0.1, 0.15) is 48.5 Å². The summed E-state index contributed by atoms with van der Waals surface area (Å²) in [6.07, 6.45) is 4.30. The first-order chi connectivity index (χ1) is 13.7. The molecule has 0 N–H and O–H groups in total. The maximum atomic E-state index is 13.3. The van der Waals surface area contributed by atoms with Gasteiger partial charge in [-0.3, -0.25) is 4.79 Å². The predicted molar refractivity (Wildman–Crippen MR) is 109 cm³/mol. The Balaban J connectivity index is 1.69. The second-order valence-corrected chi connectivity index (χ2v) is 7.34. The molecule has 1 atom stereocenters. The lowest BCUT2D eigenvalue weighted by molar-refractivity contribution is 0.0608. The van der Waals surface area contributed by atoms with Crippen LogP contribution in [0.2, 0.25) is 0 Å². The lowest BCUT2D eigenvalue weighted by Gasteiger charge is -2.35. The first-order valence-corrected chi connectivity index (χ1v) is 9.99. The van der Waals surface area contributed by atoms with Gasteiger partial charge in [0, 0.05) is 18.2 Å². The zero-order valence-electron chi connectivity index (χ0n) is 16.4. The Hall–Kier alpha value is -2.95. The molecule has 1 unspecified atom stereocenters. The number of aryl methyl sites for hydroxylation is 1. The molecule has 0 saturated carbocycles. The molecule has 144 valence electrons. The summed E-state index contributed by atoms with van der Waals surface area (Å²) in [6, 6.07) is 15.8. The van der Waals surface area contributed by atoms with Crippen LogP contribution in [0.5, 0.6) is 0 Å². The molecule has 1 amide bonds. The SMILES string of the molecule is CCC1CCCCN1C(=O)c1ccccc1-c1nc(-c2ccccc2C)no1. The van der Waals surface area contributed by atoms with Crippen LogP contribution < -0.4 is 0 Å². The van der Waals surface area contributed by atoms with Crippen LogP contribution in [0.3, 0.4) is 0 Å². The normalized spacial score (nSPS) is 16.9. The number of hydrogen-bond donors (Lipinski definition) is 0. The van der Waals surface area contributed by atoms with Gasteiger partial charge in [0.25, 0.3) is 11.8 Å². The van der Waals surface area contributed by atoms with Gasteiger partial charge in [-0.05, 0) is 50.3 Å². The molecule has 3 aromatic rings. The summed E-state index contributed by atoms with van der Waals surface area (Å²) in [5.41, 5.74) is 3.34. The highest BCUT2D eigenvalue weighted by Crippen LogP contribution is 2.29. The van der Waals surface area contributed by atoms with Crippen molar-refractivity contribution in [2.24, 2.45) is 0 Å². The van der Waals surface area contributed by atoms with E-state index in [9.17, 15) is 4.79 Å². The third-order valence-electron chi connectivity index (χ3n) is 5.56. The molecule has 5 heteroatoms. The molecule has 2 aromatic carbocycles. The largest absolute Gasteiger partial charge is 0.336 e. The van der Waals surface area contributed by atoms with E-state index in [1.807, 2.05) is 60.4 Å². The Kier molecular flexibility index (Phi) is 5.24. The number of carbonyl (C=O) groups excluding carboxylic acids is 1. The van der Waals surface area contributed by atoms with Gasteiger partial charge in [-0.25, -0.2) is 0 Å². The van der Waals surface area contributed by atoms with Gasteiger partial charge >= 0.3 is 0 Å². The highest BCUT2D eigenvalue weighted by atomic mass is 16.5. The summed E-state index contributed by atoms with van der Waals surface area (Å²) in [5, 5.41) is 4.16. The zero-order valence-corrected chi connectivity index (χ0v) is 16.4. The Morgan fingerprint density at radius 1 is 1.11 bits per heavy atom. The number of carbonyl (C=O) groups is 1. The van der Waals surface area contributed by atoms with E-state index in [4.69, 9.17) is 4.52 Å². The second-order valence-electron chi connectivity index (χ2n) is 7.34. The third kappa shape index (κ3) is 3.44. The highest BCUT2D eigenvalue weighted by Gasteiger charge is 2.28. The van der Waals surface area contributed by atoms with Crippen molar-refractivity contribution < 1.29 is 9.32 Å². The van der Waals surface area contributed by atoms with E-state index in [2.05, 4.69) is 17.1 Å². The molecule has 1 saturated heterocycles. The maximum absolute atomic E-state index is 13.3. The van der Waals surface area contributed by atoms with E-state index in [1.54, 1.807) is 0 Å². The lowest BCUT2D eigenvalue weighted by Crippen LogP contribution is -2.43. The van der Waals surface area contributed by atoms with Crippen molar-refractivity contribution in [3.63, 3.8) is 0 Å². The molecular formula is C23H25N3O2. The van der Waals surface area contributed by atoms with E-state index < -0.39 is 0 Å². The zero-order chi connectivity index (χ0) is 19.5. The molecule has 1 aromatic heterocycles. The van der Waals surface area contributed by atoms with Gasteiger partial charge < -0.3 is 9.42 Å².